The zero-order chi connectivity index (χ0) is 26.7. The van der Waals surface area contributed by atoms with E-state index in [4.69, 9.17) is 27.9 Å². The Labute approximate surface area is 215 Å². The van der Waals surface area contributed by atoms with Gasteiger partial charge in [-0.1, -0.05) is 56.1 Å². The van der Waals surface area contributed by atoms with Crippen molar-refractivity contribution in [1.29, 1.82) is 0 Å². The van der Waals surface area contributed by atoms with Gasteiger partial charge in [0.2, 0.25) is 11.7 Å². The van der Waals surface area contributed by atoms with E-state index in [1.54, 1.807) is 51.1 Å². The van der Waals surface area contributed by atoms with Crippen LogP contribution in [-0.2, 0) is 25.7 Å². The van der Waals surface area contributed by atoms with Gasteiger partial charge in [0.05, 0.1) is 28.6 Å². The summed E-state index contributed by atoms with van der Waals surface area (Å²) >= 11 is 12.1. The lowest BCUT2D eigenvalue weighted by molar-refractivity contribution is -0.172. The number of ketones is 1. The van der Waals surface area contributed by atoms with Gasteiger partial charge < -0.3 is 14.7 Å². The molecule has 0 aliphatic heterocycles. The molecule has 0 unspecified atom stereocenters. The first-order chi connectivity index (χ1) is 16.0. The Hall–Kier alpha value is -2.90. The van der Waals surface area contributed by atoms with E-state index in [0.29, 0.717) is 16.1 Å². The molecule has 9 heteroatoms. The molecule has 35 heavy (non-hydrogen) atoms. The third-order valence-electron chi connectivity index (χ3n) is 6.08. The highest BCUT2D eigenvalue weighted by Crippen LogP contribution is 2.33. The molecule has 0 heterocycles. The predicted molar refractivity (Wildman–Crippen MR) is 135 cm³/mol. The summed E-state index contributed by atoms with van der Waals surface area (Å²) in [6.07, 6.45) is -0.753. The van der Waals surface area contributed by atoms with Gasteiger partial charge in [-0.25, -0.2) is 9.59 Å². The quantitative estimate of drug-likeness (QED) is 0.265. The second-order valence-corrected chi connectivity index (χ2v) is 10.6. The largest absolute Gasteiger partial charge is 0.478 e. The highest BCUT2D eigenvalue weighted by Gasteiger charge is 2.38. The van der Waals surface area contributed by atoms with Gasteiger partial charge in [0.1, 0.15) is 5.60 Å². The molecule has 0 aromatic heterocycles. The normalized spacial score (nSPS) is 11.7. The fourth-order valence-corrected chi connectivity index (χ4v) is 3.22. The molecule has 0 aliphatic rings. The molecule has 0 radical (unpaired) electrons. The monoisotopic (exact) mass is 521 g/mol. The molecule has 7 nitrogen and oxygen atoms in total. The molecule has 0 bridgehead atoms. The second kappa shape index (κ2) is 10.8. The minimum Gasteiger partial charge on any atom is -0.478 e. The molecule has 0 saturated carbocycles. The van der Waals surface area contributed by atoms with Gasteiger partial charge in [0.25, 0.3) is 0 Å². The molecule has 0 fully saturated rings. The standard InChI is InChI=1S/C26H29Cl2NO6/c1-15-7-9-17(12-18(15)23(32)33)29(14-16-8-10-19(27)20(28)11-16)22(31)13-21(30)24(34)35-26(5,6)25(2,3)4/h7-12H,13-14H2,1-6H3,(H,32,33). The van der Waals surface area contributed by atoms with Crippen molar-refractivity contribution in [3.05, 3.63) is 63.1 Å². The van der Waals surface area contributed by atoms with Crippen molar-refractivity contribution >= 4 is 52.5 Å². The van der Waals surface area contributed by atoms with Crippen molar-refractivity contribution in [3.8, 4) is 0 Å². The Morgan fingerprint density at radius 3 is 2.11 bits per heavy atom. The van der Waals surface area contributed by atoms with Crippen molar-refractivity contribution in [1.82, 2.24) is 0 Å². The average molecular weight is 522 g/mol. The third-order valence-corrected chi connectivity index (χ3v) is 6.82. The van der Waals surface area contributed by atoms with E-state index in [1.165, 1.54) is 11.0 Å². The van der Waals surface area contributed by atoms with Crippen LogP contribution >= 0.6 is 23.2 Å². The number of benzene rings is 2. The van der Waals surface area contributed by atoms with Gasteiger partial charge in [-0.05, 0) is 56.2 Å². The summed E-state index contributed by atoms with van der Waals surface area (Å²) in [7, 11) is 0. The number of carboxylic acid groups (broad SMARTS) is 1. The van der Waals surface area contributed by atoms with E-state index in [9.17, 15) is 24.3 Å². The molecule has 0 spiro atoms. The van der Waals surface area contributed by atoms with Crippen molar-refractivity contribution in [2.75, 3.05) is 4.90 Å². The number of nitrogens with zero attached hydrogens (tertiary/aromatic N) is 1. The molecule has 0 aliphatic carbocycles. The second-order valence-electron chi connectivity index (χ2n) is 9.78. The summed E-state index contributed by atoms with van der Waals surface area (Å²) in [6.45, 7) is 10.6. The number of hydrogen-bond acceptors (Lipinski definition) is 5. The van der Waals surface area contributed by atoms with Gasteiger partial charge in [-0.2, -0.15) is 0 Å². The summed E-state index contributed by atoms with van der Waals surface area (Å²) in [5, 5.41) is 10.1. The van der Waals surface area contributed by atoms with Crippen LogP contribution in [0.15, 0.2) is 36.4 Å². The van der Waals surface area contributed by atoms with Crippen LogP contribution in [0.3, 0.4) is 0 Å². The zero-order valence-corrected chi connectivity index (χ0v) is 22.1. The zero-order valence-electron chi connectivity index (χ0n) is 20.6. The first-order valence-electron chi connectivity index (χ1n) is 10.9. The first kappa shape index (κ1) is 28.3. The maximum atomic E-state index is 13.2. The van der Waals surface area contributed by atoms with Crippen LogP contribution in [0.2, 0.25) is 10.0 Å². The van der Waals surface area contributed by atoms with E-state index >= 15 is 0 Å². The maximum absolute atomic E-state index is 13.2. The SMILES string of the molecule is Cc1ccc(N(Cc2ccc(Cl)c(Cl)c2)C(=O)CC(=O)C(=O)OC(C)(C)C(C)(C)C)cc1C(=O)O. The summed E-state index contributed by atoms with van der Waals surface area (Å²) in [5.74, 6) is -3.97. The Kier molecular flexibility index (Phi) is 8.74. The predicted octanol–water partition coefficient (Wildman–Crippen LogP) is 5.86. The number of rotatable bonds is 8. The lowest BCUT2D eigenvalue weighted by atomic mass is 9.79. The number of carboxylic acids is 1. The number of halogens is 2. The van der Waals surface area contributed by atoms with E-state index in [-0.39, 0.29) is 22.8 Å². The van der Waals surface area contributed by atoms with E-state index in [0.717, 1.165) is 0 Å². The number of carbonyl (C=O) groups excluding carboxylic acids is 3. The highest BCUT2D eigenvalue weighted by molar-refractivity contribution is 6.42. The molecular weight excluding hydrogens is 493 g/mol. The smallest absolute Gasteiger partial charge is 0.375 e. The minimum absolute atomic E-state index is 0.00658. The number of aromatic carboxylic acids is 1. The van der Waals surface area contributed by atoms with Crippen LogP contribution < -0.4 is 4.90 Å². The number of aryl methyl sites for hydroxylation is 1. The summed E-state index contributed by atoms with van der Waals surface area (Å²) in [6, 6.07) is 9.27. The average Bonchev–Trinajstić information content (AvgIpc) is 2.73. The van der Waals surface area contributed by atoms with Crippen LogP contribution in [0, 0.1) is 12.3 Å². The molecular formula is C26H29Cl2NO6. The Balaban J connectivity index is 2.37. The number of amides is 1. The topological polar surface area (TPSA) is 101 Å². The maximum Gasteiger partial charge on any atom is 0.375 e. The lowest BCUT2D eigenvalue weighted by Crippen LogP contribution is -2.43. The fourth-order valence-electron chi connectivity index (χ4n) is 2.90. The third kappa shape index (κ3) is 7.05. The number of anilines is 1. The fraction of sp³-hybridized carbons (Fsp3) is 0.385. The molecule has 2 aromatic rings. The minimum atomic E-state index is -1.16. The van der Waals surface area contributed by atoms with Crippen molar-refractivity contribution in [2.45, 2.75) is 60.1 Å². The van der Waals surface area contributed by atoms with Gasteiger partial charge >= 0.3 is 11.9 Å². The van der Waals surface area contributed by atoms with Crippen LogP contribution in [-0.4, -0.2) is 34.3 Å². The molecule has 2 rings (SSSR count). The number of carbonyl (C=O) groups is 4. The summed E-state index contributed by atoms with van der Waals surface area (Å²) < 4.78 is 5.39. The van der Waals surface area contributed by atoms with E-state index < -0.39 is 41.1 Å². The van der Waals surface area contributed by atoms with Crippen molar-refractivity contribution < 1.29 is 29.0 Å². The van der Waals surface area contributed by atoms with Gasteiger partial charge in [-0.3, -0.25) is 9.59 Å². The molecule has 2 aromatic carbocycles. The summed E-state index contributed by atoms with van der Waals surface area (Å²) in [4.78, 5) is 51.2. The number of hydrogen-bond donors (Lipinski definition) is 1. The molecule has 0 saturated heterocycles. The highest BCUT2D eigenvalue weighted by atomic mass is 35.5. The van der Waals surface area contributed by atoms with Crippen LogP contribution in [0.4, 0.5) is 5.69 Å². The number of esters is 1. The van der Waals surface area contributed by atoms with Crippen molar-refractivity contribution in [2.24, 2.45) is 5.41 Å². The van der Waals surface area contributed by atoms with E-state index in [2.05, 4.69) is 0 Å². The van der Waals surface area contributed by atoms with E-state index in [1.807, 2.05) is 20.8 Å². The lowest BCUT2D eigenvalue weighted by Gasteiger charge is -2.37. The Morgan fingerprint density at radius 2 is 1.57 bits per heavy atom. The van der Waals surface area contributed by atoms with Gasteiger partial charge in [0, 0.05) is 11.1 Å². The Bertz CT molecular complexity index is 1170. The number of ether oxygens (including phenoxy) is 1. The Morgan fingerprint density at radius 1 is 0.943 bits per heavy atom. The van der Waals surface area contributed by atoms with Crippen LogP contribution in [0.25, 0.3) is 0 Å². The number of Topliss-reactive ketones (excluding diaryl/α,β-unsaturated/α-hetero) is 1. The van der Waals surface area contributed by atoms with Gasteiger partial charge in [-0.15, -0.1) is 0 Å². The van der Waals surface area contributed by atoms with Crippen LogP contribution in [0.1, 0.15) is 62.5 Å². The first-order valence-corrected chi connectivity index (χ1v) is 11.6. The van der Waals surface area contributed by atoms with Crippen molar-refractivity contribution in [3.63, 3.8) is 0 Å². The molecule has 1 N–H and O–H groups in total. The van der Waals surface area contributed by atoms with Crippen LogP contribution in [0.5, 0.6) is 0 Å². The van der Waals surface area contributed by atoms with Gasteiger partial charge in [0.15, 0.2) is 0 Å². The summed E-state index contributed by atoms with van der Waals surface area (Å²) in [5.41, 5.74) is -0.0357. The molecule has 188 valence electrons. The molecule has 1 amide bonds. The molecule has 0 atom stereocenters.